The molecule has 0 aliphatic rings. The van der Waals surface area contributed by atoms with Crippen LogP contribution in [0.4, 0.5) is 0 Å². The van der Waals surface area contributed by atoms with Gasteiger partial charge in [0.1, 0.15) is 0 Å². The lowest BCUT2D eigenvalue weighted by Gasteiger charge is -2.11. The highest BCUT2D eigenvalue weighted by atomic mass is 16.5. The monoisotopic (exact) mass is 158 g/mol. The first-order valence-electron chi connectivity index (χ1n) is 3.68. The molecule has 0 aliphatic heterocycles. The van der Waals surface area contributed by atoms with Crippen molar-refractivity contribution in [2.45, 2.75) is 33.3 Å². The van der Waals surface area contributed by atoms with Crippen LogP contribution in [-0.2, 0) is 14.3 Å². The van der Waals surface area contributed by atoms with Gasteiger partial charge in [0.25, 0.3) is 0 Å². The minimum absolute atomic E-state index is 0.365. The van der Waals surface area contributed by atoms with Crippen molar-refractivity contribution < 1.29 is 14.3 Å². The molecule has 0 aromatic rings. The van der Waals surface area contributed by atoms with Crippen molar-refractivity contribution in [1.29, 1.82) is 0 Å². The summed E-state index contributed by atoms with van der Waals surface area (Å²) in [7, 11) is 0. The van der Waals surface area contributed by atoms with Gasteiger partial charge < -0.3 is 4.74 Å². The molecule has 11 heavy (non-hydrogen) atoms. The van der Waals surface area contributed by atoms with E-state index in [4.69, 9.17) is 4.74 Å². The van der Waals surface area contributed by atoms with Gasteiger partial charge in [-0.1, -0.05) is 13.8 Å². The Kier molecular flexibility index (Phi) is 4.50. The Labute approximate surface area is 66.7 Å². The molecule has 0 fully saturated rings. The van der Waals surface area contributed by atoms with Crippen LogP contribution in [-0.4, -0.2) is 18.4 Å². The first-order chi connectivity index (χ1) is 5.06. The molecule has 0 saturated heterocycles. The molecule has 3 heteroatoms. The summed E-state index contributed by atoms with van der Waals surface area (Å²) in [5.74, 6) is -0.0349. The summed E-state index contributed by atoms with van der Waals surface area (Å²) in [6, 6.07) is 0. The topological polar surface area (TPSA) is 43.4 Å². The fraction of sp³-hybridized carbons (Fsp3) is 0.750. The van der Waals surface area contributed by atoms with Gasteiger partial charge in [-0.3, -0.25) is 9.59 Å². The van der Waals surface area contributed by atoms with E-state index in [0.717, 1.165) is 0 Å². The van der Waals surface area contributed by atoms with E-state index < -0.39 is 12.1 Å². The number of hydrogen-bond acceptors (Lipinski definition) is 3. The van der Waals surface area contributed by atoms with Crippen molar-refractivity contribution in [2.75, 3.05) is 0 Å². The third-order valence-corrected chi connectivity index (χ3v) is 1.17. The number of esters is 1. The highest BCUT2D eigenvalue weighted by Gasteiger charge is 2.11. The normalized spacial score (nSPS) is 12.7. The highest BCUT2D eigenvalue weighted by Crippen LogP contribution is 2.05. The summed E-state index contributed by atoms with van der Waals surface area (Å²) in [6.45, 7) is 5.25. The first-order valence-corrected chi connectivity index (χ1v) is 3.68. The predicted molar refractivity (Wildman–Crippen MR) is 41.1 cm³/mol. The molecule has 0 aromatic carbocycles. The summed E-state index contributed by atoms with van der Waals surface area (Å²) < 4.78 is 4.70. The Bertz CT molecular complexity index is 140. The van der Waals surface area contributed by atoms with Crippen molar-refractivity contribution in [3.8, 4) is 0 Å². The molecule has 3 nitrogen and oxygen atoms in total. The fourth-order valence-corrected chi connectivity index (χ4v) is 0.809. The Balaban J connectivity index is 3.76. The lowest BCUT2D eigenvalue weighted by atomic mass is 10.1. The average Bonchev–Trinajstić information content (AvgIpc) is 1.84. The summed E-state index contributed by atoms with van der Waals surface area (Å²) >= 11 is 0. The second-order valence-electron chi connectivity index (χ2n) is 2.91. The van der Waals surface area contributed by atoms with Crippen molar-refractivity contribution in [2.24, 2.45) is 5.92 Å². The molecular weight excluding hydrogens is 144 g/mol. The number of ether oxygens (including phenoxy) is 1. The van der Waals surface area contributed by atoms with Crippen LogP contribution in [0.1, 0.15) is 27.2 Å². The molecule has 0 radical (unpaired) electrons. The smallest absolute Gasteiger partial charge is 0.303 e. The van der Waals surface area contributed by atoms with Gasteiger partial charge in [-0.15, -0.1) is 0 Å². The molecule has 0 saturated carbocycles. The van der Waals surface area contributed by atoms with Gasteiger partial charge in [0.2, 0.25) is 0 Å². The fourth-order valence-electron chi connectivity index (χ4n) is 0.809. The molecule has 0 spiro atoms. The molecule has 0 aliphatic carbocycles. The average molecular weight is 158 g/mol. The van der Waals surface area contributed by atoms with Crippen LogP contribution in [0.25, 0.3) is 0 Å². The van der Waals surface area contributed by atoms with Gasteiger partial charge in [0, 0.05) is 6.92 Å². The van der Waals surface area contributed by atoms with E-state index in [2.05, 4.69) is 0 Å². The van der Waals surface area contributed by atoms with Crippen LogP contribution in [0.5, 0.6) is 0 Å². The van der Waals surface area contributed by atoms with Crippen LogP contribution in [0.15, 0.2) is 0 Å². The van der Waals surface area contributed by atoms with Gasteiger partial charge in [0.15, 0.2) is 12.4 Å². The van der Waals surface area contributed by atoms with E-state index in [1.807, 2.05) is 13.8 Å². The molecule has 0 N–H and O–H groups in total. The molecule has 1 unspecified atom stereocenters. The first kappa shape index (κ1) is 10.1. The molecule has 64 valence electrons. The maximum Gasteiger partial charge on any atom is 0.303 e. The molecule has 0 heterocycles. The Morgan fingerprint density at radius 3 is 2.36 bits per heavy atom. The molecule has 1 atom stereocenters. The van der Waals surface area contributed by atoms with Gasteiger partial charge in [-0.25, -0.2) is 0 Å². The number of carbonyl (C=O) groups excluding carboxylic acids is 2. The third kappa shape index (κ3) is 5.58. The van der Waals surface area contributed by atoms with E-state index in [1.165, 1.54) is 6.92 Å². The lowest BCUT2D eigenvalue weighted by Crippen LogP contribution is -2.19. The maximum atomic E-state index is 10.4. The van der Waals surface area contributed by atoms with Gasteiger partial charge >= 0.3 is 5.97 Å². The standard InChI is InChI=1S/C8H14O3/c1-6(2)4-8(5-9)11-7(3)10/h5-6,8H,4H2,1-3H3. The minimum atomic E-state index is -0.563. The summed E-state index contributed by atoms with van der Waals surface area (Å²) in [4.78, 5) is 20.7. The quantitative estimate of drug-likeness (QED) is 0.455. The van der Waals surface area contributed by atoms with Crippen molar-refractivity contribution in [3.05, 3.63) is 0 Å². The van der Waals surface area contributed by atoms with Crippen LogP contribution < -0.4 is 0 Å². The number of rotatable bonds is 4. The maximum absolute atomic E-state index is 10.4. The van der Waals surface area contributed by atoms with Gasteiger partial charge in [0.05, 0.1) is 0 Å². The summed E-state index contributed by atoms with van der Waals surface area (Å²) in [5.41, 5.74) is 0. The van der Waals surface area contributed by atoms with Crippen molar-refractivity contribution in [1.82, 2.24) is 0 Å². The zero-order valence-electron chi connectivity index (χ0n) is 7.16. The Morgan fingerprint density at radius 2 is 2.09 bits per heavy atom. The van der Waals surface area contributed by atoms with Crippen LogP contribution in [0.3, 0.4) is 0 Å². The zero-order valence-corrected chi connectivity index (χ0v) is 7.16. The predicted octanol–water partition coefficient (Wildman–Crippen LogP) is 1.16. The largest absolute Gasteiger partial charge is 0.455 e. The number of hydrogen-bond donors (Lipinski definition) is 0. The van der Waals surface area contributed by atoms with Gasteiger partial charge in [-0.2, -0.15) is 0 Å². The van der Waals surface area contributed by atoms with Crippen LogP contribution in [0.2, 0.25) is 0 Å². The van der Waals surface area contributed by atoms with Crippen LogP contribution >= 0.6 is 0 Å². The van der Waals surface area contributed by atoms with E-state index in [9.17, 15) is 9.59 Å². The van der Waals surface area contributed by atoms with Crippen molar-refractivity contribution in [3.63, 3.8) is 0 Å². The zero-order chi connectivity index (χ0) is 8.85. The SMILES string of the molecule is CC(=O)OC(C=O)CC(C)C. The molecule has 0 bridgehead atoms. The van der Waals surface area contributed by atoms with Crippen LogP contribution in [0, 0.1) is 5.92 Å². The Morgan fingerprint density at radius 1 is 1.55 bits per heavy atom. The molecule has 0 amide bonds. The summed E-state index contributed by atoms with van der Waals surface area (Å²) in [6.07, 6.45) is 0.706. The van der Waals surface area contributed by atoms with E-state index in [0.29, 0.717) is 18.6 Å². The second kappa shape index (κ2) is 4.88. The second-order valence-corrected chi connectivity index (χ2v) is 2.91. The van der Waals surface area contributed by atoms with E-state index >= 15 is 0 Å². The molecule has 0 aromatic heterocycles. The highest BCUT2D eigenvalue weighted by molar-refractivity contribution is 5.69. The van der Waals surface area contributed by atoms with Crippen molar-refractivity contribution >= 4 is 12.3 Å². The molecular formula is C8H14O3. The minimum Gasteiger partial charge on any atom is -0.455 e. The molecule has 0 rings (SSSR count). The van der Waals surface area contributed by atoms with E-state index in [-0.39, 0.29) is 0 Å². The van der Waals surface area contributed by atoms with Gasteiger partial charge in [-0.05, 0) is 12.3 Å². The number of aldehydes is 1. The lowest BCUT2D eigenvalue weighted by molar-refractivity contribution is -0.150. The van der Waals surface area contributed by atoms with E-state index in [1.54, 1.807) is 0 Å². The third-order valence-electron chi connectivity index (χ3n) is 1.17. The summed E-state index contributed by atoms with van der Waals surface area (Å²) in [5, 5.41) is 0. The number of carbonyl (C=O) groups is 2. The Hall–Kier alpha value is -0.860.